The van der Waals surface area contributed by atoms with Crippen LogP contribution in [0.5, 0.6) is 0 Å². The van der Waals surface area contributed by atoms with E-state index < -0.39 is 0 Å². The van der Waals surface area contributed by atoms with Crippen LogP contribution in [0.1, 0.15) is 18.4 Å². The molecule has 0 aliphatic carbocycles. The van der Waals surface area contributed by atoms with Crippen molar-refractivity contribution in [2.24, 2.45) is 0 Å². The van der Waals surface area contributed by atoms with Crippen LogP contribution in [-0.2, 0) is 6.42 Å². The number of hydrogen-bond donors (Lipinski definition) is 1. The monoisotopic (exact) mass is 368 g/mol. The third-order valence-electron chi connectivity index (χ3n) is 4.14. The van der Waals surface area contributed by atoms with Crippen LogP contribution >= 0.6 is 15.9 Å². The van der Waals surface area contributed by atoms with E-state index in [4.69, 9.17) is 5.10 Å². The highest BCUT2D eigenvalue weighted by Gasteiger charge is 2.21. The van der Waals surface area contributed by atoms with Gasteiger partial charge in [0.25, 0.3) is 0 Å². The van der Waals surface area contributed by atoms with Gasteiger partial charge in [0.15, 0.2) is 0 Å². The highest BCUT2D eigenvalue weighted by Crippen LogP contribution is 2.33. The summed E-state index contributed by atoms with van der Waals surface area (Å²) < 4.78 is 3.09. The van der Waals surface area contributed by atoms with Crippen molar-refractivity contribution >= 4 is 21.7 Å². The Morgan fingerprint density at radius 1 is 1.09 bits per heavy atom. The van der Waals surface area contributed by atoms with Gasteiger partial charge in [0, 0.05) is 34.5 Å². The Kier molecular flexibility index (Phi) is 3.87. The second kappa shape index (κ2) is 6.16. The molecule has 0 amide bonds. The third kappa shape index (κ3) is 2.77. The fraction of sp³-hybridized carbons (Fsp3) is 0.222. The molecule has 23 heavy (non-hydrogen) atoms. The maximum absolute atomic E-state index is 4.90. The Morgan fingerprint density at radius 2 is 1.96 bits per heavy atom. The molecule has 0 spiro atoms. The Hall–Kier alpha value is -2.14. The molecule has 0 atom stereocenters. The average molecular weight is 369 g/mol. The number of nitrogens with zero attached hydrogens (tertiary/aromatic N) is 3. The molecule has 0 radical (unpaired) electrons. The summed E-state index contributed by atoms with van der Waals surface area (Å²) in [5.74, 6) is 1.11. The summed E-state index contributed by atoms with van der Waals surface area (Å²) in [5, 5.41) is 8.47. The van der Waals surface area contributed by atoms with Crippen molar-refractivity contribution in [3.63, 3.8) is 0 Å². The number of aromatic nitrogens is 3. The van der Waals surface area contributed by atoms with Crippen LogP contribution in [0.25, 0.3) is 16.9 Å². The van der Waals surface area contributed by atoms with Crippen LogP contribution in [0, 0.1) is 0 Å². The van der Waals surface area contributed by atoms with Gasteiger partial charge in [-0.1, -0.05) is 15.9 Å². The number of anilines is 1. The molecule has 116 valence electrons. The molecule has 1 aliphatic rings. The number of pyridine rings is 1. The summed E-state index contributed by atoms with van der Waals surface area (Å²) in [5.41, 5.74) is 4.46. The maximum Gasteiger partial charge on any atom is 0.133 e. The molecule has 0 bridgehead atoms. The van der Waals surface area contributed by atoms with Gasteiger partial charge in [0.2, 0.25) is 0 Å². The van der Waals surface area contributed by atoms with Gasteiger partial charge in [-0.15, -0.1) is 0 Å². The minimum absolute atomic E-state index is 0.988. The van der Waals surface area contributed by atoms with Crippen molar-refractivity contribution in [2.75, 3.05) is 11.9 Å². The molecule has 3 aromatic rings. The van der Waals surface area contributed by atoms with Crippen molar-refractivity contribution in [3.05, 3.63) is 58.8 Å². The van der Waals surface area contributed by atoms with E-state index in [1.54, 1.807) is 6.20 Å². The molecule has 0 unspecified atom stereocenters. The van der Waals surface area contributed by atoms with Crippen LogP contribution in [0.2, 0.25) is 0 Å². The number of rotatable bonds is 2. The zero-order valence-corrected chi connectivity index (χ0v) is 14.3. The van der Waals surface area contributed by atoms with Crippen molar-refractivity contribution in [3.8, 4) is 16.9 Å². The highest BCUT2D eigenvalue weighted by atomic mass is 79.9. The predicted octanol–water partition coefficient (Wildman–Crippen LogP) is 4.45. The van der Waals surface area contributed by atoms with Gasteiger partial charge in [-0.2, -0.15) is 5.10 Å². The first kappa shape index (κ1) is 14.5. The summed E-state index contributed by atoms with van der Waals surface area (Å²) in [4.78, 5) is 4.25. The largest absolute Gasteiger partial charge is 0.370 e. The number of nitrogens with one attached hydrogen (secondary N) is 1. The van der Waals surface area contributed by atoms with Gasteiger partial charge in [0.1, 0.15) is 5.82 Å². The van der Waals surface area contributed by atoms with E-state index in [2.05, 4.69) is 44.4 Å². The highest BCUT2D eigenvalue weighted by molar-refractivity contribution is 9.10. The minimum Gasteiger partial charge on any atom is -0.370 e. The maximum atomic E-state index is 4.90. The van der Waals surface area contributed by atoms with Crippen molar-refractivity contribution in [1.29, 1.82) is 0 Å². The molecular weight excluding hydrogens is 352 g/mol. The summed E-state index contributed by atoms with van der Waals surface area (Å²) in [6.45, 7) is 0.988. The van der Waals surface area contributed by atoms with Gasteiger partial charge >= 0.3 is 0 Å². The quantitative estimate of drug-likeness (QED) is 0.726. The van der Waals surface area contributed by atoms with E-state index in [9.17, 15) is 0 Å². The molecule has 1 N–H and O–H groups in total. The van der Waals surface area contributed by atoms with Crippen molar-refractivity contribution in [1.82, 2.24) is 14.8 Å². The Labute approximate surface area is 143 Å². The lowest BCUT2D eigenvalue weighted by Gasteiger charge is -2.09. The standard InChI is InChI=1S/C18H17BrN4/c19-14-6-8-15(9-7-14)23-18-16(5-1-2-11-21-18)17(22-23)13-4-3-10-20-12-13/h3-4,6-10,12,21H,1-2,5,11H2. The van der Waals surface area contributed by atoms with Crippen LogP contribution in [-0.4, -0.2) is 21.3 Å². The zero-order chi connectivity index (χ0) is 15.6. The molecule has 1 aromatic carbocycles. The summed E-state index contributed by atoms with van der Waals surface area (Å²) in [6.07, 6.45) is 7.09. The normalized spacial score (nSPS) is 14.0. The first-order valence-corrected chi connectivity index (χ1v) is 8.64. The van der Waals surface area contributed by atoms with Gasteiger partial charge < -0.3 is 5.32 Å². The van der Waals surface area contributed by atoms with Crippen LogP contribution in [0.3, 0.4) is 0 Å². The van der Waals surface area contributed by atoms with Crippen LogP contribution in [0.4, 0.5) is 5.82 Å². The molecule has 2 aromatic heterocycles. The fourth-order valence-corrected chi connectivity index (χ4v) is 3.27. The van der Waals surface area contributed by atoms with Crippen LogP contribution in [0.15, 0.2) is 53.3 Å². The Bertz CT molecular complexity index is 809. The topological polar surface area (TPSA) is 42.7 Å². The second-order valence-corrected chi connectivity index (χ2v) is 6.61. The fourth-order valence-electron chi connectivity index (χ4n) is 3.01. The number of hydrogen-bond acceptors (Lipinski definition) is 3. The van der Waals surface area contributed by atoms with E-state index >= 15 is 0 Å². The molecule has 5 heteroatoms. The van der Waals surface area contributed by atoms with E-state index in [-0.39, 0.29) is 0 Å². The predicted molar refractivity (Wildman–Crippen MR) is 95.9 cm³/mol. The molecule has 0 saturated carbocycles. The van der Waals surface area contributed by atoms with Gasteiger partial charge in [0.05, 0.1) is 11.4 Å². The number of halogens is 1. The first-order chi connectivity index (χ1) is 11.3. The third-order valence-corrected chi connectivity index (χ3v) is 4.66. The molecule has 4 rings (SSSR count). The molecular formula is C18H17BrN4. The van der Waals surface area contributed by atoms with Crippen molar-refractivity contribution in [2.45, 2.75) is 19.3 Å². The minimum atomic E-state index is 0.988. The van der Waals surface area contributed by atoms with Crippen molar-refractivity contribution < 1.29 is 0 Å². The number of fused-ring (bicyclic) bond motifs is 1. The first-order valence-electron chi connectivity index (χ1n) is 7.85. The van der Waals surface area contributed by atoms with Gasteiger partial charge in [-0.25, -0.2) is 4.68 Å². The molecule has 0 saturated heterocycles. The Balaban J connectivity index is 1.89. The smallest absolute Gasteiger partial charge is 0.133 e. The summed E-state index contributed by atoms with van der Waals surface area (Å²) >= 11 is 3.49. The van der Waals surface area contributed by atoms with E-state index in [0.717, 1.165) is 40.2 Å². The van der Waals surface area contributed by atoms with E-state index in [1.807, 2.05) is 29.1 Å². The van der Waals surface area contributed by atoms with E-state index in [0.29, 0.717) is 0 Å². The van der Waals surface area contributed by atoms with E-state index in [1.165, 1.54) is 18.4 Å². The lowest BCUT2D eigenvalue weighted by atomic mass is 10.1. The van der Waals surface area contributed by atoms with Gasteiger partial charge in [-0.3, -0.25) is 4.98 Å². The second-order valence-electron chi connectivity index (χ2n) is 5.69. The number of benzene rings is 1. The lowest BCUT2D eigenvalue weighted by Crippen LogP contribution is -2.07. The average Bonchev–Trinajstić information content (AvgIpc) is 2.78. The molecule has 3 heterocycles. The SMILES string of the molecule is Brc1ccc(-n2nc(-c3cccnc3)c3c2NCCCC3)cc1. The molecule has 0 fully saturated rings. The molecule has 4 nitrogen and oxygen atoms in total. The lowest BCUT2D eigenvalue weighted by molar-refractivity contribution is 0.780. The van der Waals surface area contributed by atoms with Gasteiger partial charge in [-0.05, 0) is 55.7 Å². The summed E-state index contributed by atoms with van der Waals surface area (Å²) in [7, 11) is 0. The summed E-state index contributed by atoms with van der Waals surface area (Å²) in [6, 6.07) is 12.3. The van der Waals surface area contributed by atoms with Crippen LogP contribution < -0.4 is 5.32 Å². The molecule has 1 aliphatic heterocycles. The Morgan fingerprint density at radius 3 is 2.74 bits per heavy atom. The zero-order valence-electron chi connectivity index (χ0n) is 12.7.